The molecule has 1 aromatic rings. The molecule has 0 atom stereocenters. The third kappa shape index (κ3) is 5.31. The second-order valence-corrected chi connectivity index (χ2v) is 5.17. The number of nitrogens with zero attached hydrogens (tertiary/aromatic N) is 3. The van der Waals surface area contributed by atoms with Gasteiger partial charge in [-0.05, 0) is 12.5 Å². The van der Waals surface area contributed by atoms with Crippen LogP contribution in [0.3, 0.4) is 0 Å². The number of amides is 1. The fraction of sp³-hybridized carbons (Fsp3) is 0.692. The Morgan fingerprint density at radius 2 is 2.22 bits per heavy atom. The molecule has 0 spiro atoms. The average Bonchev–Trinajstić information content (AvgIpc) is 2.73. The number of carbonyl (C=O) groups is 1. The fourth-order valence-corrected chi connectivity index (χ4v) is 1.56. The summed E-state index contributed by atoms with van der Waals surface area (Å²) < 4.78 is 1.97. The van der Waals surface area contributed by atoms with Crippen molar-refractivity contribution in [1.29, 1.82) is 0 Å². The maximum atomic E-state index is 11.4. The third-order valence-electron chi connectivity index (χ3n) is 2.63. The first-order valence-corrected chi connectivity index (χ1v) is 6.40. The summed E-state index contributed by atoms with van der Waals surface area (Å²) in [4.78, 5) is 17.4. The van der Waals surface area contributed by atoms with Gasteiger partial charge >= 0.3 is 0 Å². The molecule has 0 saturated carbocycles. The van der Waals surface area contributed by atoms with Gasteiger partial charge in [-0.25, -0.2) is 4.98 Å². The van der Waals surface area contributed by atoms with E-state index in [1.54, 1.807) is 25.3 Å². The second-order valence-electron chi connectivity index (χ2n) is 5.17. The molecule has 1 heterocycles. The van der Waals surface area contributed by atoms with Crippen molar-refractivity contribution >= 4 is 5.91 Å². The highest BCUT2D eigenvalue weighted by atomic mass is 16.2. The van der Waals surface area contributed by atoms with Crippen LogP contribution in [0.4, 0.5) is 0 Å². The molecule has 0 radical (unpaired) electrons. The number of imidazole rings is 1. The van der Waals surface area contributed by atoms with Gasteiger partial charge in [0.15, 0.2) is 0 Å². The normalized spacial score (nSPS) is 10.9. The number of nitrogens with one attached hydrogen (secondary N) is 1. The number of aryl methyl sites for hydroxylation is 1. The van der Waals surface area contributed by atoms with E-state index in [1.807, 2.05) is 10.8 Å². The molecular formula is C13H24N4O. The van der Waals surface area contributed by atoms with E-state index in [9.17, 15) is 4.79 Å². The smallest absolute Gasteiger partial charge is 0.223 e. The number of hydrogen-bond acceptors (Lipinski definition) is 3. The summed E-state index contributed by atoms with van der Waals surface area (Å²) in [5.74, 6) is 0.785. The minimum absolute atomic E-state index is 0.142. The first-order chi connectivity index (χ1) is 8.49. The van der Waals surface area contributed by atoms with Crippen LogP contribution in [0.15, 0.2) is 12.5 Å². The van der Waals surface area contributed by atoms with Gasteiger partial charge in [-0.2, -0.15) is 0 Å². The molecule has 1 aromatic heterocycles. The molecule has 1 rings (SSSR count). The lowest BCUT2D eigenvalue weighted by molar-refractivity contribution is -0.128. The van der Waals surface area contributed by atoms with E-state index in [0.717, 1.165) is 18.8 Å². The van der Waals surface area contributed by atoms with Crippen LogP contribution in [0.25, 0.3) is 0 Å². The minimum atomic E-state index is 0.142. The first-order valence-electron chi connectivity index (χ1n) is 6.40. The second kappa shape index (κ2) is 7.16. The van der Waals surface area contributed by atoms with Gasteiger partial charge in [0.25, 0.3) is 0 Å². The lowest BCUT2D eigenvalue weighted by Gasteiger charge is -2.09. The van der Waals surface area contributed by atoms with Crippen molar-refractivity contribution in [2.75, 3.05) is 20.6 Å². The molecule has 0 aliphatic carbocycles. The van der Waals surface area contributed by atoms with Gasteiger partial charge in [-0.15, -0.1) is 0 Å². The van der Waals surface area contributed by atoms with Crippen LogP contribution < -0.4 is 5.32 Å². The molecule has 0 fully saturated rings. The van der Waals surface area contributed by atoms with Gasteiger partial charge in [0.2, 0.25) is 5.91 Å². The zero-order valence-corrected chi connectivity index (χ0v) is 11.8. The highest BCUT2D eigenvalue weighted by Gasteiger charge is 2.05. The van der Waals surface area contributed by atoms with Crippen LogP contribution in [0.2, 0.25) is 0 Å². The largest absolute Gasteiger partial charge is 0.349 e. The summed E-state index contributed by atoms with van der Waals surface area (Å²) in [7, 11) is 3.55. The molecule has 0 saturated heterocycles. The highest BCUT2D eigenvalue weighted by Crippen LogP contribution is 1.99. The Hall–Kier alpha value is -1.36. The molecule has 5 nitrogen and oxygen atoms in total. The monoisotopic (exact) mass is 252 g/mol. The predicted molar refractivity (Wildman–Crippen MR) is 72.1 cm³/mol. The zero-order valence-electron chi connectivity index (χ0n) is 11.8. The molecule has 0 aromatic carbocycles. The van der Waals surface area contributed by atoms with Crippen LogP contribution in [0, 0.1) is 5.92 Å². The molecule has 0 unspecified atom stereocenters. The summed E-state index contributed by atoms with van der Waals surface area (Å²) in [6.45, 7) is 6.82. The minimum Gasteiger partial charge on any atom is -0.349 e. The predicted octanol–water partition coefficient (Wildman–Crippen LogP) is 1.11. The topological polar surface area (TPSA) is 50.2 Å². The summed E-state index contributed by atoms with van der Waals surface area (Å²) in [5.41, 5.74) is 1.02. The molecule has 1 N–H and O–H groups in total. The molecular weight excluding hydrogens is 228 g/mol. The Labute approximate surface area is 109 Å². The van der Waals surface area contributed by atoms with Crippen LogP contribution in [0.5, 0.6) is 0 Å². The summed E-state index contributed by atoms with van der Waals surface area (Å²) in [6, 6.07) is 0. The van der Waals surface area contributed by atoms with Crippen molar-refractivity contribution in [1.82, 2.24) is 19.8 Å². The third-order valence-corrected chi connectivity index (χ3v) is 2.63. The van der Waals surface area contributed by atoms with Gasteiger partial charge in [0.05, 0.1) is 12.0 Å². The zero-order chi connectivity index (χ0) is 13.5. The van der Waals surface area contributed by atoms with E-state index in [2.05, 4.69) is 24.1 Å². The fourth-order valence-electron chi connectivity index (χ4n) is 1.56. The van der Waals surface area contributed by atoms with Gasteiger partial charge in [0.1, 0.15) is 0 Å². The van der Waals surface area contributed by atoms with Gasteiger partial charge in [-0.3, -0.25) is 4.79 Å². The molecule has 0 bridgehead atoms. The maximum Gasteiger partial charge on any atom is 0.223 e. The van der Waals surface area contributed by atoms with Gasteiger partial charge < -0.3 is 14.8 Å². The Bertz CT molecular complexity index is 371. The number of rotatable bonds is 7. The summed E-state index contributed by atoms with van der Waals surface area (Å²) in [5, 5.41) is 3.35. The van der Waals surface area contributed by atoms with Gasteiger partial charge in [0, 0.05) is 39.8 Å². The standard InChI is InChI=1S/C13H24N4O/c1-11(2)7-14-8-12-9-17(10-15-12)6-5-13(18)16(3)4/h9-11,14H,5-8H2,1-4H3. The first kappa shape index (κ1) is 14.7. The molecule has 0 aliphatic heterocycles. The molecule has 5 heteroatoms. The van der Waals surface area contributed by atoms with E-state index in [1.165, 1.54) is 0 Å². The quantitative estimate of drug-likeness (QED) is 0.791. The number of carbonyl (C=O) groups excluding carboxylic acids is 1. The van der Waals surface area contributed by atoms with Crippen LogP contribution in [-0.2, 0) is 17.9 Å². The maximum absolute atomic E-state index is 11.4. The average molecular weight is 252 g/mol. The van der Waals surface area contributed by atoms with E-state index >= 15 is 0 Å². The van der Waals surface area contributed by atoms with Crippen LogP contribution in [-0.4, -0.2) is 41.0 Å². The molecule has 0 aliphatic rings. The lowest BCUT2D eigenvalue weighted by Crippen LogP contribution is -2.22. The Kier molecular flexibility index (Phi) is 5.85. The number of aromatic nitrogens is 2. The lowest BCUT2D eigenvalue weighted by atomic mass is 10.2. The van der Waals surface area contributed by atoms with E-state index < -0.39 is 0 Å². The molecule has 1 amide bonds. The summed E-state index contributed by atoms with van der Waals surface area (Å²) in [6.07, 6.45) is 4.30. The van der Waals surface area contributed by atoms with E-state index in [0.29, 0.717) is 18.9 Å². The van der Waals surface area contributed by atoms with Crippen molar-refractivity contribution < 1.29 is 4.79 Å². The Balaban J connectivity index is 2.32. The highest BCUT2D eigenvalue weighted by molar-refractivity contribution is 5.75. The summed E-state index contributed by atoms with van der Waals surface area (Å²) >= 11 is 0. The van der Waals surface area contributed by atoms with Crippen molar-refractivity contribution in [2.24, 2.45) is 5.92 Å². The van der Waals surface area contributed by atoms with Crippen LogP contribution in [0.1, 0.15) is 26.0 Å². The van der Waals surface area contributed by atoms with Crippen LogP contribution >= 0.6 is 0 Å². The molecule has 102 valence electrons. The van der Waals surface area contributed by atoms with Crippen molar-refractivity contribution in [3.63, 3.8) is 0 Å². The van der Waals surface area contributed by atoms with Crippen molar-refractivity contribution in [3.05, 3.63) is 18.2 Å². The Morgan fingerprint density at radius 3 is 2.83 bits per heavy atom. The van der Waals surface area contributed by atoms with Gasteiger partial charge in [-0.1, -0.05) is 13.8 Å². The van der Waals surface area contributed by atoms with Crippen molar-refractivity contribution in [2.45, 2.75) is 33.4 Å². The van der Waals surface area contributed by atoms with E-state index in [-0.39, 0.29) is 5.91 Å². The number of hydrogen-bond donors (Lipinski definition) is 1. The SMILES string of the molecule is CC(C)CNCc1cn(CCC(=O)N(C)C)cn1. The van der Waals surface area contributed by atoms with Crippen molar-refractivity contribution in [3.8, 4) is 0 Å². The van der Waals surface area contributed by atoms with E-state index in [4.69, 9.17) is 0 Å². The Morgan fingerprint density at radius 1 is 1.50 bits per heavy atom. The molecule has 18 heavy (non-hydrogen) atoms.